The number of benzene rings is 1. The molecule has 5 nitrogen and oxygen atoms in total. The van der Waals surface area contributed by atoms with Crippen molar-refractivity contribution >= 4 is 23.5 Å². The predicted molar refractivity (Wildman–Crippen MR) is 80.4 cm³/mol. The van der Waals surface area contributed by atoms with Crippen LogP contribution < -0.4 is 4.74 Å². The van der Waals surface area contributed by atoms with E-state index in [1.165, 1.54) is 12.0 Å². The quantitative estimate of drug-likeness (QED) is 0.757. The first-order valence-electron chi connectivity index (χ1n) is 6.53. The Hall–Kier alpha value is -1.75. The van der Waals surface area contributed by atoms with Crippen LogP contribution in [0.5, 0.6) is 5.75 Å². The number of rotatable bonds is 6. The van der Waals surface area contributed by atoms with Gasteiger partial charge < -0.3 is 14.4 Å². The number of nitrogens with zero attached hydrogens (tertiary/aromatic N) is 1. The van der Waals surface area contributed by atoms with Crippen LogP contribution in [0.4, 0.5) is 0 Å². The number of carbonyl (C=O) groups excluding carboxylic acids is 2. The van der Waals surface area contributed by atoms with Gasteiger partial charge in [0.1, 0.15) is 5.75 Å². The molecule has 0 spiro atoms. The van der Waals surface area contributed by atoms with Gasteiger partial charge in [-0.3, -0.25) is 9.59 Å². The van der Waals surface area contributed by atoms with E-state index in [4.69, 9.17) is 16.3 Å². The van der Waals surface area contributed by atoms with Crippen LogP contribution in [0, 0.1) is 0 Å². The highest BCUT2D eigenvalue weighted by Gasteiger charge is 2.32. The van der Waals surface area contributed by atoms with Crippen molar-refractivity contribution in [3.63, 3.8) is 0 Å². The van der Waals surface area contributed by atoms with Crippen molar-refractivity contribution in [1.29, 1.82) is 0 Å². The Labute approximate surface area is 129 Å². The molecule has 1 amide bonds. The van der Waals surface area contributed by atoms with E-state index in [9.17, 15) is 9.59 Å². The van der Waals surface area contributed by atoms with Gasteiger partial charge in [0.2, 0.25) is 0 Å². The van der Waals surface area contributed by atoms with Gasteiger partial charge in [-0.05, 0) is 38.1 Å². The summed E-state index contributed by atoms with van der Waals surface area (Å²) in [6.07, 6.45) is 0.149. The molecule has 0 N–H and O–H groups in total. The van der Waals surface area contributed by atoms with Gasteiger partial charge in [-0.2, -0.15) is 0 Å². The lowest BCUT2D eigenvalue weighted by atomic mass is 10.1. The fraction of sp³-hybridized carbons (Fsp3) is 0.467. The van der Waals surface area contributed by atoms with Crippen LogP contribution in [0.2, 0.25) is 5.02 Å². The molecule has 0 aromatic heterocycles. The Morgan fingerprint density at radius 3 is 2.33 bits per heavy atom. The van der Waals surface area contributed by atoms with E-state index in [1.54, 1.807) is 45.2 Å². The monoisotopic (exact) mass is 313 g/mol. The highest BCUT2D eigenvalue weighted by Crippen LogP contribution is 2.22. The second-order valence-corrected chi connectivity index (χ2v) is 5.56. The fourth-order valence-corrected chi connectivity index (χ4v) is 1.89. The molecule has 1 aromatic rings. The molecule has 0 bridgehead atoms. The largest absolute Gasteiger partial charge is 0.478 e. The Morgan fingerprint density at radius 2 is 1.81 bits per heavy atom. The molecule has 1 aromatic carbocycles. The number of esters is 1. The standard InChI is InChI=1S/C15H20ClNO4/c1-15(2,21-12-7-5-11(16)6-8-12)14(19)17(3)10-9-13(18)20-4/h5-8H,9-10H2,1-4H3. The molecule has 0 radical (unpaired) electrons. The first-order valence-corrected chi connectivity index (χ1v) is 6.91. The molecule has 0 saturated carbocycles. The summed E-state index contributed by atoms with van der Waals surface area (Å²) in [7, 11) is 2.94. The maximum absolute atomic E-state index is 12.4. The van der Waals surface area contributed by atoms with E-state index in [0.717, 1.165) is 0 Å². The van der Waals surface area contributed by atoms with Gasteiger partial charge in [-0.25, -0.2) is 0 Å². The van der Waals surface area contributed by atoms with Crippen molar-refractivity contribution in [1.82, 2.24) is 4.90 Å². The van der Waals surface area contributed by atoms with Crippen LogP contribution in [-0.4, -0.2) is 43.1 Å². The number of ether oxygens (including phenoxy) is 2. The summed E-state index contributed by atoms with van der Waals surface area (Å²) in [5, 5.41) is 0.599. The molecule has 0 fully saturated rings. The van der Waals surface area contributed by atoms with E-state index in [1.807, 2.05) is 0 Å². The number of halogens is 1. The zero-order valence-corrected chi connectivity index (χ0v) is 13.4. The number of amides is 1. The molecular formula is C15H20ClNO4. The van der Waals surface area contributed by atoms with Gasteiger partial charge in [0.15, 0.2) is 5.60 Å². The molecule has 0 aliphatic rings. The molecule has 0 heterocycles. The van der Waals surface area contributed by atoms with Crippen LogP contribution in [0.15, 0.2) is 24.3 Å². The fourth-order valence-electron chi connectivity index (χ4n) is 1.76. The minimum atomic E-state index is -1.04. The van der Waals surface area contributed by atoms with Crippen LogP contribution in [0.3, 0.4) is 0 Å². The third-order valence-electron chi connectivity index (χ3n) is 2.93. The van der Waals surface area contributed by atoms with Crippen LogP contribution >= 0.6 is 11.6 Å². The minimum Gasteiger partial charge on any atom is -0.478 e. The van der Waals surface area contributed by atoms with Crippen LogP contribution in [0.1, 0.15) is 20.3 Å². The summed E-state index contributed by atoms with van der Waals surface area (Å²) in [6.45, 7) is 3.63. The molecule has 116 valence electrons. The van der Waals surface area contributed by atoms with Gasteiger partial charge in [-0.1, -0.05) is 11.6 Å². The molecule has 0 atom stereocenters. The number of hydrogen-bond acceptors (Lipinski definition) is 4. The van der Waals surface area contributed by atoms with E-state index in [-0.39, 0.29) is 24.8 Å². The maximum Gasteiger partial charge on any atom is 0.307 e. The third kappa shape index (κ3) is 5.27. The zero-order valence-electron chi connectivity index (χ0n) is 12.7. The molecule has 1 rings (SSSR count). The maximum atomic E-state index is 12.4. The van der Waals surface area contributed by atoms with E-state index in [0.29, 0.717) is 10.8 Å². The lowest BCUT2D eigenvalue weighted by Gasteiger charge is -2.30. The lowest BCUT2D eigenvalue weighted by molar-refractivity contribution is -0.146. The van der Waals surface area contributed by atoms with Gasteiger partial charge in [0.05, 0.1) is 13.5 Å². The number of carbonyl (C=O) groups is 2. The van der Waals surface area contributed by atoms with E-state index >= 15 is 0 Å². The summed E-state index contributed by atoms with van der Waals surface area (Å²) in [5.41, 5.74) is -1.04. The van der Waals surface area contributed by atoms with Crippen molar-refractivity contribution in [2.24, 2.45) is 0 Å². The molecule has 0 unspecified atom stereocenters. The smallest absolute Gasteiger partial charge is 0.307 e. The van der Waals surface area contributed by atoms with Crippen molar-refractivity contribution in [3.8, 4) is 5.75 Å². The van der Waals surface area contributed by atoms with E-state index in [2.05, 4.69) is 4.74 Å². The van der Waals surface area contributed by atoms with Crippen molar-refractivity contribution in [2.45, 2.75) is 25.9 Å². The third-order valence-corrected chi connectivity index (χ3v) is 3.18. The number of hydrogen-bond donors (Lipinski definition) is 0. The second kappa shape index (κ2) is 7.31. The van der Waals surface area contributed by atoms with Gasteiger partial charge in [-0.15, -0.1) is 0 Å². The Bertz CT molecular complexity index is 499. The van der Waals surface area contributed by atoms with Crippen molar-refractivity contribution < 1.29 is 19.1 Å². The summed E-state index contributed by atoms with van der Waals surface area (Å²) in [6, 6.07) is 6.79. The first kappa shape index (κ1) is 17.3. The van der Waals surface area contributed by atoms with Crippen molar-refractivity contribution in [3.05, 3.63) is 29.3 Å². The molecule has 0 aliphatic heterocycles. The minimum absolute atomic E-state index is 0.149. The normalized spacial score (nSPS) is 10.9. The zero-order chi connectivity index (χ0) is 16.0. The van der Waals surface area contributed by atoms with Gasteiger partial charge in [0, 0.05) is 18.6 Å². The molecule has 6 heteroatoms. The molecule has 21 heavy (non-hydrogen) atoms. The highest BCUT2D eigenvalue weighted by atomic mass is 35.5. The topological polar surface area (TPSA) is 55.8 Å². The summed E-state index contributed by atoms with van der Waals surface area (Å²) in [4.78, 5) is 24.9. The summed E-state index contributed by atoms with van der Waals surface area (Å²) >= 11 is 5.81. The highest BCUT2D eigenvalue weighted by molar-refractivity contribution is 6.30. The second-order valence-electron chi connectivity index (χ2n) is 5.12. The average molecular weight is 314 g/mol. The number of methoxy groups -OCH3 is 1. The molecular weight excluding hydrogens is 294 g/mol. The van der Waals surface area contributed by atoms with Gasteiger partial charge >= 0.3 is 5.97 Å². The SMILES string of the molecule is COC(=O)CCN(C)C(=O)C(C)(C)Oc1ccc(Cl)cc1. The van der Waals surface area contributed by atoms with Crippen molar-refractivity contribution in [2.75, 3.05) is 20.7 Å². The Morgan fingerprint density at radius 1 is 1.24 bits per heavy atom. The first-order chi connectivity index (χ1) is 9.76. The molecule has 0 aliphatic carbocycles. The Balaban J connectivity index is 2.65. The Kier molecular flexibility index (Phi) is 6.03. The molecule has 0 saturated heterocycles. The number of likely N-dealkylation sites (N-methyl/N-ethyl adjacent to an activating group) is 1. The predicted octanol–water partition coefficient (Wildman–Crippen LogP) is 2.52. The van der Waals surface area contributed by atoms with E-state index < -0.39 is 5.60 Å². The van der Waals surface area contributed by atoms with Crippen LogP contribution in [0.25, 0.3) is 0 Å². The average Bonchev–Trinajstić information content (AvgIpc) is 2.45. The lowest BCUT2D eigenvalue weighted by Crippen LogP contribution is -2.47. The van der Waals surface area contributed by atoms with Gasteiger partial charge in [0.25, 0.3) is 5.91 Å². The summed E-state index contributed by atoms with van der Waals surface area (Å²) in [5.74, 6) is -0.0217. The summed E-state index contributed by atoms with van der Waals surface area (Å²) < 4.78 is 10.3. The van der Waals surface area contributed by atoms with Crippen LogP contribution in [-0.2, 0) is 14.3 Å².